The Bertz CT molecular complexity index is 394. The summed E-state index contributed by atoms with van der Waals surface area (Å²) >= 11 is 0. The van der Waals surface area contributed by atoms with Crippen LogP contribution in [-0.4, -0.2) is 0 Å². The van der Waals surface area contributed by atoms with Gasteiger partial charge in [0.25, 0.3) is 0 Å². The van der Waals surface area contributed by atoms with Crippen molar-refractivity contribution in [2.75, 3.05) is 0 Å². The van der Waals surface area contributed by atoms with Crippen molar-refractivity contribution in [2.45, 2.75) is 46.6 Å². The van der Waals surface area contributed by atoms with E-state index in [-0.39, 0.29) is 11.0 Å². The highest BCUT2D eigenvalue weighted by atomic mass is 19.1. The number of halogens is 2. The molecule has 0 spiro atoms. The lowest BCUT2D eigenvalue weighted by Crippen LogP contribution is -2.18. The third-order valence-electron chi connectivity index (χ3n) is 2.90. The average molecular weight is 241 g/mol. The van der Waals surface area contributed by atoms with Crippen molar-refractivity contribution in [2.24, 2.45) is 11.1 Å². The van der Waals surface area contributed by atoms with Crippen LogP contribution < -0.4 is 5.73 Å². The molecule has 1 unspecified atom stereocenters. The summed E-state index contributed by atoms with van der Waals surface area (Å²) in [6.07, 6.45) is 1.42. The van der Waals surface area contributed by atoms with E-state index in [2.05, 4.69) is 20.8 Å². The highest BCUT2D eigenvalue weighted by Crippen LogP contribution is 2.29. The van der Waals surface area contributed by atoms with Crippen molar-refractivity contribution in [3.8, 4) is 0 Å². The summed E-state index contributed by atoms with van der Waals surface area (Å²) in [5.74, 6) is -1.05. The van der Waals surface area contributed by atoms with E-state index >= 15 is 0 Å². The molecule has 1 aromatic rings. The maximum absolute atomic E-state index is 13.8. The standard InChI is InChI=1S/C14H21F2N/c1-9-5-6-10(15)12(13(9)16)11(17)7-8-14(2,3)4/h5-6,11H,7-8,17H2,1-4H3. The maximum atomic E-state index is 13.8. The fraction of sp³-hybridized carbons (Fsp3) is 0.571. The normalized spacial score (nSPS) is 13.8. The minimum atomic E-state index is -0.575. The summed E-state index contributed by atoms with van der Waals surface area (Å²) in [5.41, 5.74) is 6.47. The van der Waals surface area contributed by atoms with Gasteiger partial charge in [-0.1, -0.05) is 26.8 Å². The average Bonchev–Trinajstić information content (AvgIpc) is 2.20. The van der Waals surface area contributed by atoms with Gasteiger partial charge in [0.1, 0.15) is 11.6 Å². The van der Waals surface area contributed by atoms with Gasteiger partial charge in [-0.3, -0.25) is 0 Å². The minimum Gasteiger partial charge on any atom is -0.324 e. The van der Waals surface area contributed by atoms with Crippen LogP contribution in [0, 0.1) is 24.0 Å². The first kappa shape index (κ1) is 14.1. The summed E-state index contributed by atoms with van der Waals surface area (Å²) in [6, 6.07) is 2.14. The molecule has 96 valence electrons. The fourth-order valence-corrected chi connectivity index (χ4v) is 1.75. The topological polar surface area (TPSA) is 26.0 Å². The number of hydrogen-bond donors (Lipinski definition) is 1. The van der Waals surface area contributed by atoms with Crippen LogP contribution in [0.15, 0.2) is 12.1 Å². The van der Waals surface area contributed by atoms with Crippen LogP contribution in [0.4, 0.5) is 8.78 Å². The second kappa shape index (κ2) is 5.13. The molecule has 1 rings (SSSR count). The molecule has 0 fully saturated rings. The van der Waals surface area contributed by atoms with E-state index in [0.29, 0.717) is 12.0 Å². The largest absolute Gasteiger partial charge is 0.324 e. The minimum absolute atomic E-state index is 0.0225. The molecule has 0 radical (unpaired) electrons. The van der Waals surface area contributed by atoms with Crippen LogP contribution in [0.2, 0.25) is 0 Å². The summed E-state index contributed by atoms with van der Waals surface area (Å²) in [7, 11) is 0. The van der Waals surface area contributed by atoms with Crippen LogP contribution in [0.25, 0.3) is 0 Å². The van der Waals surface area contributed by atoms with Crippen molar-refractivity contribution < 1.29 is 8.78 Å². The number of hydrogen-bond acceptors (Lipinski definition) is 1. The molecule has 1 nitrogen and oxygen atoms in total. The van der Waals surface area contributed by atoms with Crippen LogP contribution in [-0.2, 0) is 0 Å². The molecule has 0 aromatic heterocycles. The molecular weight excluding hydrogens is 220 g/mol. The van der Waals surface area contributed by atoms with Crippen molar-refractivity contribution in [1.82, 2.24) is 0 Å². The molecule has 0 aliphatic rings. The number of aryl methyl sites for hydroxylation is 1. The van der Waals surface area contributed by atoms with Gasteiger partial charge in [-0.05, 0) is 36.8 Å². The van der Waals surface area contributed by atoms with E-state index in [9.17, 15) is 8.78 Å². The monoisotopic (exact) mass is 241 g/mol. The van der Waals surface area contributed by atoms with Crippen LogP contribution in [0.5, 0.6) is 0 Å². The Balaban J connectivity index is 2.89. The number of nitrogens with two attached hydrogens (primary N) is 1. The molecule has 0 saturated heterocycles. The Morgan fingerprint density at radius 1 is 1.24 bits per heavy atom. The Morgan fingerprint density at radius 3 is 2.35 bits per heavy atom. The zero-order valence-corrected chi connectivity index (χ0v) is 11.0. The highest BCUT2D eigenvalue weighted by Gasteiger charge is 2.20. The molecule has 0 aliphatic carbocycles. The Labute approximate surface area is 102 Å². The van der Waals surface area contributed by atoms with Gasteiger partial charge in [0.2, 0.25) is 0 Å². The van der Waals surface area contributed by atoms with E-state index in [1.807, 2.05) is 0 Å². The zero-order chi connectivity index (χ0) is 13.2. The lowest BCUT2D eigenvalue weighted by atomic mass is 9.87. The molecule has 17 heavy (non-hydrogen) atoms. The SMILES string of the molecule is Cc1ccc(F)c(C(N)CCC(C)(C)C)c1F. The van der Waals surface area contributed by atoms with Gasteiger partial charge in [0, 0.05) is 11.6 Å². The van der Waals surface area contributed by atoms with Gasteiger partial charge in [-0.2, -0.15) is 0 Å². The summed E-state index contributed by atoms with van der Waals surface area (Å²) in [4.78, 5) is 0. The van der Waals surface area contributed by atoms with Gasteiger partial charge in [0.15, 0.2) is 0 Å². The highest BCUT2D eigenvalue weighted by molar-refractivity contribution is 5.29. The molecular formula is C14H21F2N. The second-order valence-electron chi connectivity index (χ2n) is 5.80. The van der Waals surface area contributed by atoms with E-state index in [0.717, 1.165) is 6.42 Å². The number of rotatable bonds is 3. The first-order chi connectivity index (χ1) is 7.72. The predicted molar refractivity (Wildman–Crippen MR) is 66.7 cm³/mol. The zero-order valence-electron chi connectivity index (χ0n) is 11.0. The smallest absolute Gasteiger partial charge is 0.133 e. The van der Waals surface area contributed by atoms with E-state index in [1.54, 1.807) is 6.92 Å². The van der Waals surface area contributed by atoms with Crippen LogP contribution in [0.3, 0.4) is 0 Å². The lowest BCUT2D eigenvalue weighted by molar-refractivity contribution is 0.344. The van der Waals surface area contributed by atoms with Gasteiger partial charge in [-0.25, -0.2) is 8.78 Å². The van der Waals surface area contributed by atoms with Gasteiger partial charge >= 0.3 is 0 Å². The second-order valence-corrected chi connectivity index (χ2v) is 5.80. The molecule has 0 aliphatic heterocycles. The molecule has 2 N–H and O–H groups in total. The van der Waals surface area contributed by atoms with Gasteiger partial charge in [-0.15, -0.1) is 0 Å². The fourth-order valence-electron chi connectivity index (χ4n) is 1.75. The molecule has 0 heterocycles. The summed E-state index contributed by atoms with van der Waals surface area (Å²) < 4.78 is 27.4. The molecule has 1 aromatic carbocycles. The van der Waals surface area contributed by atoms with Crippen molar-refractivity contribution in [3.05, 3.63) is 34.9 Å². The lowest BCUT2D eigenvalue weighted by Gasteiger charge is -2.22. The van der Waals surface area contributed by atoms with Crippen molar-refractivity contribution in [3.63, 3.8) is 0 Å². The first-order valence-corrected chi connectivity index (χ1v) is 5.92. The third kappa shape index (κ3) is 3.77. The third-order valence-corrected chi connectivity index (χ3v) is 2.90. The summed E-state index contributed by atoms with van der Waals surface area (Å²) in [5, 5.41) is 0. The molecule has 0 bridgehead atoms. The Morgan fingerprint density at radius 2 is 1.82 bits per heavy atom. The Hall–Kier alpha value is -0.960. The molecule has 0 amide bonds. The molecule has 3 heteroatoms. The Kier molecular flexibility index (Phi) is 4.26. The van der Waals surface area contributed by atoms with Crippen molar-refractivity contribution in [1.29, 1.82) is 0 Å². The maximum Gasteiger partial charge on any atom is 0.133 e. The predicted octanol–water partition coefficient (Wildman–Crippen LogP) is 4.10. The van der Waals surface area contributed by atoms with Crippen LogP contribution in [0.1, 0.15) is 50.8 Å². The summed E-state index contributed by atoms with van der Waals surface area (Å²) in [6.45, 7) is 7.88. The van der Waals surface area contributed by atoms with Gasteiger partial charge in [0.05, 0.1) is 0 Å². The van der Waals surface area contributed by atoms with Gasteiger partial charge < -0.3 is 5.73 Å². The van der Waals surface area contributed by atoms with Crippen LogP contribution >= 0.6 is 0 Å². The van der Waals surface area contributed by atoms with Crippen molar-refractivity contribution >= 4 is 0 Å². The molecule has 0 saturated carbocycles. The molecule has 1 atom stereocenters. The quantitative estimate of drug-likeness (QED) is 0.847. The van der Waals surface area contributed by atoms with E-state index in [4.69, 9.17) is 5.73 Å². The van der Waals surface area contributed by atoms with E-state index < -0.39 is 17.7 Å². The van der Waals surface area contributed by atoms with E-state index in [1.165, 1.54) is 12.1 Å². The number of benzene rings is 1. The first-order valence-electron chi connectivity index (χ1n) is 5.92.